The van der Waals surface area contributed by atoms with Crippen molar-refractivity contribution >= 4 is 35.3 Å². The Balaban J connectivity index is 1.38. The van der Waals surface area contributed by atoms with Gasteiger partial charge in [-0.2, -0.15) is 5.10 Å². The van der Waals surface area contributed by atoms with Crippen LogP contribution in [0.2, 0.25) is 5.02 Å². The fourth-order valence-electron chi connectivity index (χ4n) is 2.52. The topological polar surface area (TPSA) is 89.0 Å². The molecule has 0 bridgehead atoms. The largest absolute Gasteiger partial charge is 0.484 e. The van der Waals surface area contributed by atoms with Crippen molar-refractivity contribution in [3.8, 4) is 11.5 Å². The minimum absolute atomic E-state index is 0.106. The van der Waals surface area contributed by atoms with Gasteiger partial charge in [0, 0.05) is 10.7 Å². The molecule has 0 heterocycles. The Bertz CT molecular complexity index is 1070. The summed E-state index contributed by atoms with van der Waals surface area (Å²) >= 11 is 5.80. The lowest BCUT2D eigenvalue weighted by atomic mass is 10.2. The van der Waals surface area contributed by atoms with E-state index in [-0.39, 0.29) is 19.1 Å². The minimum atomic E-state index is -0.393. The summed E-state index contributed by atoms with van der Waals surface area (Å²) in [7, 11) is 0. The maximum Gasteiger partial charge on any atom is 0.277 e. The van der Waals surface area contributed by atoms with E-state index in [1.54, 1.807) is 48.5 Å². The zero-order chi connectivity index (χ0) is 22.8. The summed E-state index contributed by atoms with van der Waals surface area (Å²) in [5.41, 5.74) is 4.98. The zero-order valence-electron chi connectivity index (χ0n) is 17.4. The molecule has 0 fully saturated rings. The lowest BCUT2D eigenvalue weighted by Crippen LogP contribution is -2.24. The first kappa shape index (κ1) is 22.8. The molecule has 0 aliphatic carbocycles. The lowest BCUT2D eigenvalue weighted by molar-refractivity contribution is -0.123. The summed E-state index contributed by atoms with van der Waals surface area (Å²) in [6, 6.07) is 21.2. The van der Waals surface area contributed by atoms with Crippen LogP contribution in [0.5, 0.6) is 11.5 Å². The van der Waals surface area contributed by atoms with Crippen LogP contribution in [-0.2, 0) is 9.59 Å². The molecular weight excluding hydrogens is 430 g/mol. The van der Waals surface area contributed by atoms with Crippen LogP contribution < -0.4 is 20.2 Å². The van der Waals surface area contributed by atoms with Crippen LogP contribution >= 0.6 is 11.6 Å². The van der Waals surface area contributed by atoms with Crippen molar-refractivity contribution in [2.45, 2.75) is 6.92 Å². The molecule has 0 aliphatic heterocycles. The quantitative estimate of drug-likeness (QED) is 0.377. The molecule has 2 N–H and O–H groups in total. The fourth-order valence-corrected chi connectivity index (χ4v) is 2.65. The number of halogens is 1. The van der Waals surface area contributed by atoms with Gasteiger partial charge in [0.25, 0.3) is 11.8 Å². The summed E-state index contributed by atoms with van der Waals surface area (Å²) in [6.45, 7) is 1.70. The Hall–Kier alpha value is -3.84. The van der Waals surface area contributed by atoms with Gasteiger partial charge in [-0.15, -0.1) is 0 Å². The number of hydrogen-bond donors (Lipinski definition) is 2. The van der Waals surface area contributed by atoms with E-state index >= 15 is 0 Å². The van der Waals surface area contributed by atoms with Gasteiger partial charge < -0.3 is 14.8 Å². The predicted octanol–water partition coefficient (Wildman–Crippen LogP) is 4.20. The molecule has 32 heavy (non-hydrogen) atoms. The van der Waals surface area contributed by atoms with Crippen LogP contribution in [0.25, 0.3) is 0 Å². The fraction of sp³-hybridized carbons (Fsp3) is 0.125. The molecule has 3 rings (SSSR count). The van der Waals surface area contributed by atoms with Gasteiger partial charge >= 0.3 is 0 Å². The number of rotatable bonds is 9. The first-order valence-electron chi connectivity index (χ1n) is 9.77. The first-order valence-corrected chi connectivity index (χ1v) is 10.2. The van der Waals surface area contributed by atoms with Crippen LogP contribution in [0.15, 0.2) is 77.9 Å². The molecule has 0 saturated carbocycles. The maximum absolute atomic E-state index is 12.0. The number of carbonyl (C=O) groups is 2. The molecule has 164 valence electrons. The van der Waals surface area contributed by atoms with E-state index in [4.69, 9.17) is 21.1 Å². The molecule has 2 amide bonds. The van der Waals surface area contributed by atoms with Crippen LogP contribution in [0.4, 0.5) is 5.69 Å². The summed E-state index contributed by atoms with van der Waals surface area (Å²) < 4.78 is 10.8. The first-order chi connectivity index (χ1) is 15.5. The molecule has 0 saturated heterocycles. The van der Waals surface area contributed by atoms with E-state index in [9.17, 15) is 9.59 Å². The van der Waals surface area contributed by atoms with Gasteiger partial charge in [0.05, 0.1) is 6.21 Å². The van der Waals surface area contributed by atoms with Gasteiger partial charge in [0.15, 0.2) is 13.2 Å². The number of hydrazone groups is 1. The van der Waals surface area contributed by atoms with Gasteiger partial charge in [0.1, 0.15) is 11.5 Å². The molecule has 3 aromatic rings. The average Bonchev–Trinajstić information content (AvgIpc) is 2.80. The van der Waals surface area contributed by atoms with Gasteiger partial charge in [-0.1, -0.05) is 29.3 Å². The normalized spacial score (nSPS) is 10.6. The number of benzene rings is 3. The Labute approximate surface area is 191 Å². The maximum atomic E-state index is 12.0. The number of amides is 2. The Kier molecular flexibility index (Phi) is 8.22. The highest BCUT2D eigenvalue weighted by atomic mass is 35.5. The third-order valence-electron chi connectivity index (χ3n) is 4.17. The van der Waals surface area contributed by atoms with E-state index in [2.05, 4.69) is 15.8 Å². The molecule has 0 aliphatic rings. The second kappa shape index (κ2) is 11.5. The smallest absolute Gasteiger partial charge is 0.277 e. The van der Waals surface area contributed by atoms with E-state index in [1.807, 2.05) is 31.2 Å². The molecule has 3 aromatic carbocycles. The Morgan fingerprint density at radius 2 is 1.41 bits per heavy atom. The molecule has 0 radical (unpaired) electrons. The number of ether oxygens (including phenoxy) is 2. The Morgan fingerprint density at radius 1 is 0.844 bits per heavy atom. The molecule has 7 nitrogen and oxygen atoms in total. The second-order valence-electron chi connectivity index (χ2n) is 6.81. The third kappa shape index (κ3) is 7.77. The zero-order valence-corrected chi connectivity index (χ0v) is 18.1. The highest BCUT2D eigenvalue weighted by molar-refractivity contribution is 6.30. The molecule has 0 unspecified atom stereocenters. The van der Waals surface area contributed by atoms with E-state index in [1.165, 1.54) is 6.21 Å². The van der Waals surface area contributed by atoms with E-state index in [0.29, 0.717) is 16.5 Å². The van der Waals surface area contributed by atoms with Gasteiger partial charge in [-0.3, -0.25) is 9.59 Å². The highest BCUT2D eigenvalue weighted by Gasteiger charge is 2.04. The molecular formula is C24H22ClN3O4. The van der Waals surface area contributed by atoms with Crippen LogP contribution in [0.3, 0.4) is 0 Å². The van der Waals surface area contributed by atoms with Crippen molar-refractivity contribution in [2.75, 3.05) is 18.5 Å². The van der Waals surface area contributed by atoms with Crippen molar-refractivity contribution in [3.63, 3.8) is 0 Å². The Morgan fingerprint density at radius 3 is 2.03 bits per heavy atom. The predicted molar refractivity (Wildman–Crippen MR) is 124 cm³/mol. The van der Waals surface area contributed by atoms with E-state index in [0.717, 1.165) is 16.8 Å². The number of anilines is 1. The summed E-state index contributed by atoms with van der Waals surface area (Å²) in [5, 5.41) is 7.26. The van der Waals surface area contributed by atoms with Crippen molar-refractivity contribution < 1.29 is 19.1 Å². The second-order valence-corrected chi connectivity index (χ2v) is 7.24. The summed E-state index contributed by atoms with van der Waals surface area (Å²) in [4.78, 5) is 23.8. The summed E-state index contributed by atoms with van der Waals surface area (Å²) in [6.07, 6.45) is 1.49. The van der Waals surface area contributed by atoms with Crippen molar-refractivity contribution in [3.05, 3.63) is 88.9 Å². The van der Waals surface area contributed by atoms with Crippen molar-refractivity contribution in [1.29, 1.82) is 0 Å². The third-order valence-corrected chi connectivity index (χ3v) is 4.42. The molecule has 8 heteroatoms. The highest BCUT2D eigenvalue weighted by Crippen LogP contribution is 2.15. The van der Waals surface area contributed by atoms with Crippen LogP contribution in [0.1, 0.15) is 11.1 Å². The minimum Gasteiger partial charge on any atom is -0.484 e. The SMILES string of the molecule is Cc1ccc(NC(=O)COc2ccc(/C=N\NC(=O)COc3ccc(Cl)cc3)cc2)cc1. The van der Waals surface area contributed by atoms with Gasteiger partial charge in [-0.05, 0) is 73.2 Å². The van der Waals surface area contributed by atoms with Crippen LogP contribution in [0, 0.1) is 6.92 Å². The van der Waals surface area contributed by atoms with Gasteiger partial charge in [0.2, 0.25) is 0 Å². The molecule has 0 spiro atoms. The number of nitrogens with one attached hydrogen (secondary N) is 2. The number of hydrogen-bond acceptors (Lipinski definition) is 5. The average molecular weight is 452 g/mol. The number of carbonyl (C=O) groups excluding carboxylic acids is 2. The molecule has 0 atom stereocenters. The summed E-state index contributed by atoms with van der Waals surface area (Å²) in [5.74, 6) is 0.442. The number of aryl methyl sites for hydroxylation is 1. The standard InChI is InChI=1S/C24H22ClN3O4/c1-17-2-8-20(9-3-17)27-23(29)15-31-21-10-4-18(5-11-21)14-26-28-24(30)16-32-22-12-6-19(25)7-13-22/h2-14H,15-16H2,1H3,(H,27,29)(H,28,30)/b26-14-. The molecule has 0 aromatic heterocycles. The lowest BCUT2D eigenvalue weighted by Gasteiger charge is -2.08. The van der Waals surface area contributed by atoms with Crippen LogP contribution in [-0.4, -0.2) is 31.2 Å². The number of nitrogens with zero attached hydrogens (tertiary/aromatic N) is 1. The monoisotopic (exact) mass is 451 g/mol. The van der Waals surface area contributed by atoms with Crippen molar-refractivity contribution in [2.24, 2.45) is 5.10 Å². The van der Waals surface area contributed by atoms with E-state index < -0.39 is 5.91 Å². The van der Waals surface area contributed by atoms with Gasteiger partial charge in [-0.25, -0.2) is 5.43 Å². The van der Waals surface area contributed by atoms with Crippen molar-refractivity contribution in [1.82, 2.24) is 5.43 Å².